The number of rotatable bonds is 4. The lowest BCUT2D eigenvalue weighted by atomic mass is 10.1. The van der Waals surface area contributed by atoms with E-state index in [4.69, 9.17) is 11.0 Å². The summed E-state index contributed by atoms with van der Waals surface area (Å²) in [6.07, 6.45) is 0. The average Bonchev–Trinajstić information content (AvgIpc) is 2.25. The van der Waals surface area contributed by atoms with Gasteiger partial charge in [-0.1, -0.05) is 6.07 Å². The molecule has 3 N–H and O–H groups in total. The molecule has 0 atom stereocenters. The second kappa shape index (κ2) is 5.17. The Hall–Kier alpha value is -1.57. The molecule has 1 aromatic carbocycles. The summed E-state index contributed by atoms with van der Waals surface area (Å²) >= 11 is 0. The standard InChI is InChI=1S/C13H19N3O/c1-13(2,17)9-16(3)12-5-4-10(7-14)6-11(12)8-15/h4-6,17H,7,9,14H2,1-3H3. The molecule has 0 aliphatic rings. The van der Waals surface area contributed by atoms with Gasteiger partial charge in [-0.15, -0.1) is 0 Å². The third kappa shape index (κ3) is 3.74. The lowest BCUT2D eigenvalue weighted by Crippen LogP contribution is -2.36. The minimum Gasteiger partial charge on any atom is -0.389 e. The second-order valence-corrected chi connectivity index (χ2v) is 4.84. The molecule has 0 aliphatic carbocycles. The predicted octanol–water partition coefficient (Wildman–Crippen LogP) is 1.22. The van der Waals surface area contributed by atoms with Gasteiger partial charge in [0.25, 0.3) is 0 Å². The first kappa shape index (κ1) is 13.5. The molecular formula is C13H19N3O. The molecule has 1 aromatic rings. The van der Waals surface area contributed by atoms with E-state index in [2.05, 4.69) is 6.07 Å². The molecule has 0 radical (unpaired) electrons. The van der Waals surface area contributed by atoms with Crippen molar-refractivity contribution in [2.45, 2.75) is 26.0 Å². The summed E-state index contributed by atoms with van der Waals surface area (Å²) in [7, 11) is 1.86. The second-order valence-electron chi connectivity index (χ2n) is 4.84. The quantitative estimate of drug-likeness (QED) is 0.820. The Balaban J connectivity index is 3.02. The number of nitriles is 1. The number of nitrogens with two attached hydrogens (primary N) is 1. The molecule has 0 bridgehead atoms. The van der Waals surface area contributed by atoms with Crippen molar-refractivity contribution in [2.75, 3.05) is 18.5 Å². The summed E-state index contributed by atoms with van der Waals surface area (Å²) in [5.41, 5.74) is 7.07. The van der Waals surface area contributed by atoms with Crippen LogP contribution in [0.1, 0.15) is 25.0 Å². The first-order chi connectivity index (χ1) is 7.87. The molecule has 0 saturated carbocycles. The highest BCUT2D eigenvalue weighted by Crippen LogP contribution is 2.21. The van der Waals surface area contributed by atoms with Crippen molar-refractivity contribution >= 4 is 5.69 Å². The number of benzene rings is 1. The molecule has 0 amide bonds. The third-order valence-electron chi connectivity index (χ3n) is 2.45. The van der Waals surface area contributed by atoms with Crippen molar-refractivity contribution in [1.82, 2.24) is 0 Å². The Kier molecular flexibility index (Phi) is 4.11. The van der Waals surface area contributed by atoms with Gasteiger partial charge in [0.1, 0.15) is 6.07 Å². The summed E-state index contributed by atoms with van der Waals surface area (Å²) in [5, 5.41) is 18.9. The maximum atomic E-state index is 9.77. The van der Waals surface area contributed by atoms with Gasteiger partial charge in [-0.2, -0.15) is 5.26 Å². The lowest BCUT2D eigenvalue weighted by Gasteiger charge is -2.28. The van der Waals surface area contributed by atoms with Gasteiger partial charge < -0.3 is 15.7 Å². The zero-order valence-electron chi connectivity index (χ0n) is 10.6. The van der Waals surface area contributed by atoms with E-state index >= 15 is 0 Å². The molecule has 17 heavy (non-hydrogen) atoms. The predicted molar refractivity (Wildman–Crippen MR) is 68.6 cm³/mol. The van der Waals surface area contributed by atoms with E-state index in [1.54, 1.807) is 19.9 Å². The Bertz CT molecular complexity index is 429. The molecule has 0 aromatic heterocycles. The smallest absolute Gasteiger partial charge is 0.101 e. The van der Waals surface area contributed by atoms with E-state index in [9.17, 15) is 5.11 Å². The van der Waals surface area contributed by atoms with E-state index in [0.29, 0.717) is 18.7 Å². The minimum atomic E-state index is -0.798. The average molecular weight is 233 g/mol. The maximum Gasteiger partial charge on any atom is 0.101 e. The molecule has 0 fully saturated rings. The number of aliphatic hydroxyl groups is 1. The number of nitrogens with zero attached hydrogens (tertiary/aromatic N) is 2. The largest absolute Gasteiger partial charge is 0.389 e. The Labute approximate surface area is 102 Å². The van der Waals surface area contributed by atoms with E-state index in [-0.39, 0.29) is 0 Å². The molecule has 0 spiro atoms. The van der Waals surface area contributed by atoms with Crippen LogP contribution in [0.25, 0.3) is 0 Å². The van der Waals surface area contributed by atoms with Crippen molar-refractivity contribution in [3.8, 4) is 6.07 Å². The topological polar surface area (TPSA) is 73.3 Å². The van der Waals surface area contributed by atoms with Gasteiger partial charge in [-0.3, -0.25) is 0 Å². The number of hydrogen-bond donors (Lipinski definition) is 2. The Morgan fingerprint density at radius 2 is 2.12 bits per heavy atom. The highest BCUT2D eigenvalue weighted by molar-refractivity contribution is 5.60. The molecule has 0 heterocycles. The van der Waals surface area contributed by atoms with Crippen molar-refractivity contribution in [1.29, 1.82) is 5.26 Å². The van der Waals surface area contributed by atoms with Gasteiger partial charge in [-0.25, -0.2) is 0 Å². The highest BCUT2D eigenvalue weighted by Gasteiger charge is 2.17. The molecule has 0 saturated heterocycles. The van der Waals surface area contributed by atoms with Crippen molar-refractivity contribution < 1.29 is 5.11 Å². The zero-order chi connectivity index (χ0) is 13.1. The summed E-state index contributed by atoms with van der Waals surface area (Å²) in [6, 6.07) is 7.71. The van der Waals surface area contributed by atoms with Crippen LogP contribution in [0.15, 0.2) is 18.2 Å². The van der Waals surface area contributed by atoms with E-state index < -0.39 is 5.60 Å². The lowest BCUT2D eigenvalue weighted by molar-refractivity contribution is 0.0886. The summed E-state index contributed by atoms with van der Waals surface area (Å²) in [6.45, 7) is 4.36. The van der Waals surface area contributed by atoms with Gasteiger partial charge in [0.2, 0.25) is 0 Å². The number of hydrogen-bond acceptors (Lipinski definition) is 4. The first-order valence-corrected chi connectivity index (χ1v) is 5.54. The van der Waals surface area contributed by atoms with Crippen LogP contribution in [-0.2, 0) is 6.54 Å². The van der Waals surface area contributed by atoms with Crippen LogP contribution in [0.4, 0.5) is 5.69 Å². The van der Waals surface area contributed by atoms with Crippen LogP contribution >= 0.6 is 0 Å². The molecule has 4 nitrogen and oxygen atoms in total. The number of anilines is 1. The summed E-state index contributed by atoms with van der Waals surface area (Å²) < 4.78 is 0. The molecule has 1 rings (SSSR count). The van der Waals surface area contributed by atoms with Crippen LogP contribution in [0.3, 0.4) is 0 Å². The van der Waals surface area contributed by atoms with Gasteiger partial charge in [0.05, 0.1) is 16.9 Å². The van der Waals surface area contributed by atoms with Crippen LogP contribution in [0, 0.1) is 11.3 Å². The fourth-order valence-electron chi connectivity index (χ4n) is 1.80. The normalized spacial score (nSPS) is 11.1. The first-order valence-electron chi connectivity index (χ1n) is 5.54. The molecule has 4 heteroatoms. The fourth-order valence-corrected chi connectivity index (χ4v) is 1.80. The van der Waals surface area contributed by atoms with Gasteiger partial charge in [-0.05, 0) is 31.5 Å². The fraction of sp³-hybridized carbons (Fsp3) is 0.462. The maximum absolute atomic E-state index is 9.77. The van der Waals surface area contributed by atoms with Crippen LogP contribution in [-0.4, -0.2) is 24.3 Å². The van der Waals surface area contributed by atoms with E-state index in [1.165, 1.54) is 0 Å². The Morgan fingerprint density at radius 1 is 1.47 bits per heavy atom. The van der Waals surface area contributed by atoms with Crippen LogP contribution < -0.4 is 10.6 Å². The molecule has 0 aliphatic heterocycles. The van der Waals surface area contributed by atoms with Crippen molar-refractivity contribution in [3.05, 3.63) is 29.3 Å². The zero-order valence-corrected chi connectivity index (χ0v) is 10.6. The molecule has 92 valence electrons. The van der Waals surface area contributed by atoms with Gasteiger partial charge in [0.15, 0.2) is 0 Å². The van der Waals surface area contributed by atoms with Crippen molar-refractivity contribution in [2.24, 2.45) is 5.73 Å². The van der Waals surface area contributed by atoms with Crippen molar-refractivity contribution in [3.63, 3.8) is 0 Å². The third-order valence-corrected chi connectivity index (χ3v) is 2.45. The minimum absolute atomic E-state index is 0.421. The van der Waals surface area contributed by atoms with Gasteiger partial charge in [0, 0.05) is 20.1 Å². The SMILES string of the molecule is CN(CC(C)(C)O)c1ccc(CN)cc1C#N. The highest BCUT2D eigenvalue weighted by atomic mass is 16.3. The van der Waals surface area contributed by atoms with Crippen LogP contribution in [0.2, 0.25) is 0 Å². The summed E-state index contributed by atoms with van der Waals surface area (Å²) in [4.78, 5) is 1.87. The molecule has 0 unspecified atom stereocenters. The Morgan fingerprint density at radius 3 is 2.59 bits per heavy atom. The monoisotopic (exact) mass is 233 g/mol. The number of likely N-dealkylation sites (N-methyl/N-ethyl adjacent to an activating group) is 1. The van der Waals surface area contributed by atoms with E-state index in [1.807, 2.05) is 24.1 Å². The van der Waals surface area contributed by atoms with Gasteiger partial charge >= 0.3 is 0 Å². The van der Waals surface area contributed by atoms with Crippen LogP contribution in [0.5, 0.6) is 0 Å². The summed E-state index contributed by atoms with van der Waals surface area (Å²) in [5.74, 6) is 0. The van der Waals surface area contributed by atoms with E-state index in [0.717, 1.165) is 11.3 Å². The molecular weight excluding hydrogens is 214 g/mol.